The Morgan fingerprint density at radius 2 is 1.39 bits per heavy atom. The van der Waals surface area contributed by atoms with Crippen LogP contribution < -0.4 is 0 Å². The van der Waals surface area contributed by atoms with Crippen LogP contribution >= 0.6 is 0 Å². The zero-order valence-electron chi connectivity index (χ0n) is 11.8. The summed E-state index contributed by atoms with van der Waals surface area (Å²) in [4.78, 5) is 0. The van der Waals surface area contributed by atoms with Crippen molar-refractivity contribution in [3.63, 3.8) is 0 Å². The Morgan fingerprint density at radius 3 is 1.67 bits per heavy atom. The Labute approximate surface area is 110 Å². The molecule has 0 saturated heterocycles. The van der Waals surface area contributed by atoms with Gasteiger partial charge in [-0.2, -0.15) is 0 Å². The van der Waals surface area contributed by atoms with Crippen LogP contribution in [0.25, 0.3) is 6.08 Å². The van der Waals surface area contributed by atoms with E-state index in [9.17, 15) is 10.2 Å². The van der Waals surface area contributed by atoms with Gasteiger partial charge in [-0.15, -0.1) is 0 Å². The van der Waals surface area contributed by atoms with Gasteiger partial charge in [-0.3, -0.25) is 0 Å². The second-order valence-electron chi connectivity index (χ2n) is 5.30. The number of hydrogen-bond acceptors (Lipinski definition) is 2. The van der Waals surface area contributed by atoms with Crippen LogP contribution in [0.1, 0.15) is 57.2 Å². The van der Waals surface area contributed by atoms with Gasteiger partial charge in [0.15, 0.2) is 0 Å². The van der Waals surface area contributed by atoms with Crippen molar-refractivity contribution in [2.75, 3.05) is 0 Å². The van der Waals surface area contributed by atoms with E-state index >= 15 is 0 Å². The molecule has 0 aromatic heterocycles. The normalized spacial score (nSPS) is 17.9. The first-order chi connectivity index (χ1) is 8.26. The van der Waals surface area contributed by atoms with Crippen molar-refractivity contribution in [3.05, 3.63) is 41.5 Å². The van der Waals surface area contributed by atoms with Crippen LogP contribution in [-0.4, -0.2) is 10.2 Å². The van der Waals surface area contributed by atoms with Crippen LogP contribution in [-0.2, 0) is 11.2 Å². The molecule has 0 aliphatic rings. The average molecular weight is 248 g/mol. The topological polar surface area (TPSA) is 40.5 Å². The van der Waals surface area contributed by atoms with Crippen LogP contribution in [0, 0.1) is 0 Å². The summed E-state index contributed by atoms with van der Waals surface area (Å²) < 4.78 is 0. The van der Waals surface area contributed by atoms with Gasteiger partial charge in [0.25, 0.3) is 0 Å². The smallest absolute Gasteiger partial charge is 0.0866 e. The molecule has 1 aromatic carbocycles. The monoisotopic (exact) mass is 248 g/mol. The highest BCUT2D eigenvalue weighted by molar-refractivity contribution is 5.52. The second-order valence-corrected chi connectivity index (χ2v) is 5.30. The number of hydrogen-bond donors (Lipinski definition) is 2. The largest absolute Gasteiger partial charge is 0.385 e. The van der Waals surface area contributed by atoms with Crippen LogP contribution in [0.5, 0.6) is 0 Å². The summed E-state index contributed by atoms with van der Waals surface area (Å²) in [7, 11) is 0. The molecule has 0 fully saturated rings. The summed E-state index contributed by atoms with van der Waals surface area (Å²) in [5, 5.41) is 20.7. The molecule has 2 heteroatoms. The Hall–Kier alpha value is -1.12. The Morgan fingerprint density at radius 1 is 1.00 bits per heavy atom. The average Bonchev–Trinajstić information content (AvgIpc) is 2.38. The van der Waals surface area contributed by atoms with E-state index in [0.29, 0.717) is 12.8 Å². The van der Waals surface area contributed by atoms with E-state index in [2.05, 4.69) is 6.58 Å². The van der Waals surface area contributed by atoms with Crippen molar-refractivity contribution in [2.24, 2.45) is 0 Å². The predicted molar refractivity (Wildman–Crippen MR) is 76.3 cm³/mol. The van der Waals surface area contributed by atoms with Gasteiger partial charge >= 0.3 is 0 Å². The third-order valence-electron chi connectivity index (χ3n) is 3.81. The van der Waals surface area contributed by atoms with Crippen molar-refractivity contribution in [2.45, 2.75) is 51.7 Å². The first kappa shape index (κ1) is 14.9. The molecule has 0 saturated carbocycles. The Kier molecular flexibility index (Phi) is 4.36. The highest BCUT2D eigenvalue weighted by Gasteiger charge is 2.26. The van der Waals surface area contributed by atoms with Crippen molar-refractivity contribution in [1.82, 2.24) is 0 Å². The van der Waals surface area contributed by atoms with Crippen molar-refractivity contribution in [3.8, 4) is 0 Å². The minimum atomic E-state index is -0.877. The summed E-state index contributed by atoms with van der Waals surface area (Å²) in [6.07, 6.45) is 2.99. The second kappa shape index (κ2) is 5.25. The fourth-order valence-corrected chi connectivity index (χ4v) is 1.80. The summed E-state index contributed by atoms with van der Waals surface area (Å²) >= 11 is 0. The molecular formula is C16H24O2. The minimum Gasteiger partial charge on any atom is -0.385 e. The van der Waals surface area contributed by atoms with Gasteiger partial charge < -0.3 is 10.2 Å². The van der Waals surface area contributed by atoms with Gasteiger partial charge in [0.1, 0.15) is 0 Å². The summed E-state index contributed by atoms with van der Waals surface area (Å²) in [5.74, 6) is 0. The SMILES string of the molecule is C=Cc1cc(C(C)(O)CC)cc(C(C)(O)CC)c1. The van der Waals surface area contributed by atoms with Crippen LogP contribution in [0.4, 0.5) is 0 Å². The summed E-state index contributed by atoms with van der Waals surface area (Å²) in [6.45, 7) is 11.2. The van der Waals surface area contributed by atoms with Gasteiger partial charge in [-0.1, -0.05) is 32.6 Å². The minimum absolute atomic E-state index is 0.626. The lowest BCUT2D eigenvalue weighted by Gasteiger charge is -2.27. The molecule has 100 valence electrons. The van der Waals surface area contributed by atoms with Crippen molar-refractivity contribution < 1.29 is 10.2 Å². The van der Waals surface area contributed by atoms with Gasteiger partial charge in [-0.05, 0) is 55.5 Å². The molecule has 0 aliphatic carbocycles. The maximum atomic E-state index is 10.4. The Bertz CT molecular complexity index is 396. The maximum Gasteiger partial charge on any atom is 0.0866 e. The van der Waals surface area contributed by atoms with E-state index < -0.39 is 11.2 Å². The molecule has 0 spiro atoms. The van der Waals surface area contributed by atoms with E-state index in [4.69, 9.17) is 0 Å². The molecule has 0 bridgehead atoms. The van der Waals surface area contributed by atoms with Crippen LogP contribution in [0.15, 0.2) is 24.8 Å². The standard InChI is InChI=1S/C16H24O2/c1-6-12-9-13(15(4,17)7-2)11-14(10-12)16(5,18)8-3/h6,9-11,17-18H,1,7-8H2,2-5H3. The summed E-state index contributed by atoms with van der Waals surface area (Å²) in [5.41, 5.74) is 0.817. The Balaban J connectivity index is 3.39. The van der Waals surface area contributed by atoms with E-state index in [0.717, 1.165) is 16.7 Å². The molecule has 0 aliphatic heterocycles. The van der Waals surface area contributed by atoms with E-state index in [-0.39, 0.29) is 0 Å². The molecule has 0 radical (unpaired) electrons. The van der Waals surface area contributed by atoms with Gasteiger partial charge in [-0.25, -0.2) is 0 Å². The molecule has 1 aromatic rings. The van der Waals surface area contributed by atoms with Gasteiger partial charge in [0.05, 0.1) is 11.2 Å². The van der Waals surface area contributed by atoms with Crippen LogP contribution in [0.2, 0.25) is 0 Å². The third kappa shape index (κ3) is 3.01. The lowest BCUT2D eigenvalue weighted by atomic mass is 9.85. The molecule has 2 N–H and O–H groups in total. The zero-order valence-corrected chi connectivity index (χ0v) is 11.8. The molecule has 2 atom stereocenters. The van der Waals surface area contributed by atoms with E-state index in [1.54, 1.807) is 19.9 Å². The van der Waals surface area contributed by atoms with Crippen molar-refractivity contribution >= 4 is 6.08 Å². The highest BCUT2D eigenvalue weighted by atomic mass is 16.3. The van der Waals surface area contributed by atoms with Gasteiger partial charge in [0.2, 0.25) is 0 Å². The molecular weight excluding hydrogens is 224 g/mol. The number of benzene rings is 1. The maximum absolute atomic E-state index is 10.4. The fourth-order valence-electron chi connectivity index (χ4n) is 1.80. The van der Waals surface area contributed by atoms with Crippen LogP contribution in [0.3, 0.4) is 0 Å². The third-order valence-corrected chi connectivity index (χ3v) is 3.81. The highest BCUT2D eigenvalue weighted by Crippen LogP contribution is 2.31. The summed E-state index contributed by atoms with van der Waals surface area (Å²) in [6, 6.07) is 5.73. The lowest BCUT2D eigenvalue weighted by Crippen LogP contribution is -2.24. The van der Waals surface area contributed by atoms with E-state index in [1.165, 1.54) is 0 Å². The molecule has 0 heterocycles. The molecule has 2 nitrogen and oxygen atoms in total. The molecule has 0 amide bonds. The fraction of sp³-hybridized carbons (Fsp3) is 0.500. The first-order valence-corrected chi connectivity index (χ1v) is 6.50. The first-order valence-electron chi connectivity index (χ1n) is 6.50. The number of rotatable bonds is 5. The molecule has 2 unspecified atom stereocenters. The molecule has 18 heavy (non-hydrogen) atoms. The van der Waals surface area contributed by atoms with Crippen molar-refractivity contribution in [1.29, 1.82) is 0 Å². The van der Waals surface area contributed by atoms with E-state index in [1.807, 2.05) is 32.0 Å². The quantitative estimate of drug-likeness (QED) is 0.836. The van der Waals surface area contributed by atoms with Gasteiger partial charge in [0, 0.05) is 0 Å². The number of aliphatic hydroxyl groups is 2. The zero-order chi connectivity index (χ0) is 14.0. The lowest BCUT2D eigenvalue weighted by molar-refractivity contribution is 0.0463. The predicted octanol–water partition coefficient (Wildman–Crippen LogP) is 3.56. The molecule has 1 rings (SSSR count).